The number of fused-ring (bicyclic) bond motifs is 1. The van der Waals surface area contributed by atoms with Crippen LogP contribution < -0.4 is 0 Å². The summed E-state index contributed by atoms with van der Waals surface area (Å²) in [5.41, 5.74) is 2.86. The van der Waals surface area contributed by atoms with E-state index in [0.29, 0.717) is 0 Å². The SMILES string of the molecule is C=C/C(O)=C(\C)n1n2c(C=C)c(/C=C\C)n12.C=CC.CC.CC.CC. The summed E-state index contributed by atoms with van der Waals surface area (Å²) >= 11 is 0. The summed E-state index contributed by atoms with van der Waals surface area (Å²) in [6.45, 7) is 28.4. The lowest BCUT2D eigenvalue weighted by molar-refractivity contribution is 0.431. The number of hydrogen-bond acceptors (Lipinski definition) is 1. The third-order valence-electron chi connectivity index (χ3n) is 2.58. The fraction of sp³-hybridized carbons (Fsp3) is 0.429. The zero-order valence-electron chi connectivity index (χ0n) is 17.8. The minimum Gasteiger partial charge on any atom is -0.506 e. The van der Waals surface area contributed by atoms with Gasteiger partial charge in [0.1, 0.15) is 22.8 Å². The van der Waals surface area contributed by atoms with Crippen LogP contribution in [0.1, 0.15) is 73.7 Å². The number of aliphatic hydroxyl groups is 1. The van der Waals surface area contributed by atoms with Crippen LogP contribution >= 0.6 is 0 Å². The second-order valence-electron chi connectivity index (χ2n) is 3.93. The molecule has 2 rings (SSSR count). The van der Waals surface area contributed by atoms with E-state index < -0.39 is 0 Å². The average Bonchev–Trinajstić information content (AvgIpc) is 3.33. The third kappa shape index (κ3) is 6.96. The van der Waals surface area contributed by atoms with E-state index in [0.717, 1.165) is 17.1 Å². The molecule has 2 aromatic rings. The smallest absolute Gasteiger partial charge is 0.138 e. The third-order valence-corrected chi connectivity index (χ3v) is 2.58. The molecule has 144 valence electrons. The highest BCUT2D eigenvalue weighted by atomic mass is 16.3. The summed E-state index contributed by atoms with van der Waals surface area (Å²) in [6, 6.07) is 0. The van der Waals surface area contributed by atoms with Crippen molar-refractivity contribution in [3.05, 3.63) is 55.1 Å². The van der Waals surface area contributed by atoms with Crippen molar-refractivity contribution in [1.29, 1.82) is 0 Å². The van der Waals surface area contributed by atoms with Crippen molar-refractivity contribution >= 4 is 17.8 Å². The summed E-state index contributed by atoms with van der Waals surface area (Å²) in [5, 5.41) is 9.58. The van der Waals surface area contributed by atoms with Crippen molar-refractivity contribution in [3.8, 4) is 0 Å². The highest BCUT2D eigenvalue weighted by molar-refractivity contribution is 5.63. The molecule has 0 spiro atoms. The maximum Gasteiger partial charge on any atom is 0.138 e. The van der Waals surface area contributed by atoms with Crippen molar-refractivity contribution in [3.63, 3.8) is 0 Å². The fourth-order valence-electron chi connectivity index (χ4n) is 1.73. The van der Waals surface area contributed by atoms with Gasteiger partial charge in [0.15, 0.2) is 0 Å². The first-order chi connectivity index (χ1) is 12.1. The van der Waals surface area contributed by atoms with Crippen molar-refractivity contribution in [2.24, 2.45) is 0 Å². The molecule has 4 nitrogen and oxygen atoms in total. The van der Waals surface area contributed by atoms with Crippen LogP contribution in [0.3, 0.4) is 0 Å². The molecule has 0 aliphatic rings. The maximum atomic E-state index is 9.58. The zero-order chi connectivity index (χ0) is 20.6. The van der Waals surface area contributed by atoms with Crippen LogP contribution in [0.15, 0.2) is 43.7 Å². The monoisotopic (exact) mass is 349 g/mol. The van der Waals surface area contributed by atoms with Crippen LogP contribution in [0, 0.1) is 0 Å². The number of aliphatic hydroxyl groups excluding tert-OH is 1. The van der Waals surface area contributed by atoms with Gasteiger partial charge in [-0.3, -0.25) is 0 Å². The molecule has 25 heavy (non-hydrogen) atoms. The molecule has 0 unspecified atom stereocenters. The Hall–Kier alpha value is -2.36. The van der Waals surface area contributed by atoms with Gasteiger partial charge in [-0.1, -0.05) is 66.9 Å². The van der Waals surface area contributed by atoms with Crippen LogP contribution in [-0.2, 0) is 0 Å². The largest absolute Gasteiger partial charge is 0.506 e. The Kier molecular flexibility index (Phi) is 18.1. The Morgan fingerprint density at radius 1 is 0.880 bits per heavy atom. The molecule has 0 bridgehead atoms. The number of nitrogens with zero attached hydrogens (tertiary/aromatic N) is 3. The van der Waals surface area contributed by atoms with E-state index in [4.69, 9.17) is 0 Å². The molecule has 2 aromatic heterocycles. The topological polar surface area (TPSA) is 34.0 Å². The summed E-state index contributed by atoms with van der Waals surface area (Å²) in [5.74, 6) is 0.178. The molecule has 0 atom stereocenters. The van der Waals surface area contributed by atoms with Crippen LogP contribution in [0.25, 0.3) is 17.8 Å². The van der Waals surface area contributed by atoms with Gasteiger partial charge >= 0.3 is 0 Å². The Bertz CT molecular complexity index is 633. The quantitative estimate of drug-likeness (QED) is 0.355. The van der Waals surface area contributed by atoms with E-state index in [1.165, 1.54) is 6.08 Å². The lowest BCUT2D eigenvalue weighted by atomic mass is 10.3. The second kappa shape index (κ2) is 16.5. The molecule has 4 heteroatoms. The molecule has 0 radical (unpaired) electrons. The Labute approximate surface area is 155 Å². The van der Waals surface area contributed by atoms with Crippen molar-refractivity contribution in [2.45, 2.75) is 62.3 Å². The summed E-state index contributed by atoms with van der Waals surface area (Å²) in [4.78, 5) is 1.86. The van der Waals surface area contributed by atoms with Crippen LogP contribution in [-0.4, -0.2) is 19.2 Å². The average molecular weight is 350 g/mol. The highest BCUT2D eigenvalue weighted by Gasteiger charge is 2.27. The molecular weight excluding hydrogens is 310 g/mol. The van der Waals surface area contributed by atoms with E-state index in [2.05, 4.69) is 19.7 Å². The van der Waals surface area contributed by atoms with Gasteiger partial charge in [-0.05, 0) is 39.0 Å². The van der Waals surface area contributed by atoms with Gasteiger partial charge in [0.2, 0.25) is 0 Å². The minimum atomic E-state index is 0.178. The van der Waals surface area contributed by atoms with Gasteiger partial charge < -0.3 is 5.11 Å². The van der Waals surface area contributed by atoms with Crippen molar-refractivity contribution in [2.75, 3.05) is 0 Å². The number of hydrogen-bond donors (Lipinski definition) is 1. The molecule has 1 N–H and O–H groups in total. The maximum absolute atomic E-state index is 9.58. The Morgan fingerprint density at radius 3 is 1.60 bits per heavy atom. The molecule has 0 aliphatic heterocycles. The molecular formula is C21H39N3O. The molecule has 0 saturated heterocycles. The van der Waals surface area contributed by atoms with Crippen LogP contribution in [0.2, 0.25) is 0 Å². The lowest BCUT2D eigenvalue weighted by Crippen LogP contribution is -1.98. The fourth-order valence-corrected chi connectivity index (χ4v) is 1.73. The van der Waals surface area contributed by atoms with Crippen LogP contribution in [0.4, 0.5) is 0 Å². The molecule has 2 heterocycles. The minimum absolute atomic E-state index is 0.178. The van der Waals surface area contributed by atoms with Gasteiger partial charge in [-0.2, -0.15) is 4.80 Å². The van der Waals surface area contributed by atoms with E-state index in [1.54, 1.807) is 12.2 Å². The molecule has 0 fully saturated rings. The number of rotatable bonds is 4. The molecule has 0 saturated carbocycles. The van der Waals surface area contributed by atoms with Gasteiger partial charge in [-0.25, -0.2) is 0 Å². The first-order valence-electron chi connectivity index (χ1n) is 9.07. The number of allylic oxidation sites excluding steroid dienone is 4. The summed E-state index contributed by atoms with van der Waals surface area (Å²) in [7, 11) is 0. The number of aromatic nitrogens is 3. The van der Waals surface area contributed by atoms with Crippen molar-refractivity contribution in [1.82, 2.24) is 14.1 Å². The normalized spacial score (nSPS) is 10.1. The van der Waals surface area contributed by atoms with Crippen LogP contribution in [0.5, 0.6) is 0 Å². The van der Waals surface area contributed by atoms with E-state index in [1.807, 2.05) is 88.5 Å². The van der Waals surface area contributed by atoms with Gasteiger partial charge in [-0.15, -0.1) is 15.8 Å². The highest BCUT2D eigenvalue weighted by Crippen LogP contribution is 2.25. The Morgan fingerprint density at radius 2 is 1.28 bits per heavy atom. The van der Waals surface area contributed by atoms with Gasteiger partial charge in [0.05, 0.1) is 0 Å². The molecule has 0 aromatic carbocycles. The van der Waals surface area contributed by atoms with Crippen molar-refractivity contribution < 1.29 is 5.11 Å². The van der Waals surface area contributed by atoms with Gasteiger partial charge in [0, 0.05) is 0 Å². The second-order valence-corrected chi connectivity index (χ2v) is 3.93. The first kappa shape index (κ1) is 27.5. The van der Waals surface area contributed by atoms with E-state index in [-0.39, 0.29) is 5.76 Å². The first-order valence-corrected chi connectivity index (χ1v) is 9.07. The molecule has 0 aliphatic carbocycles. The molecule has 0 amide bonds. The Balaban J connectivity index is -0.000000464. The predicted octanol–water partition coefficient (Wildman–Crippen LogP) is 7.16. The van der Waals surface area contributed by atoms with E-state index >= 15 is 0 Å². The standard InChI is InChI=1S/C12H15N3O.C3H6.3C2H6/c1-5-8-11-10(6-2)14-13(15(11)14)9(4)12(16)7-3;1-3-2;3*1-2/h5-8,16H,2-3H2,1,4H3;3H,1H2,2H3;3*1-2H3/b8-5-,12-9-;;;;. The predicted molar refractivity (Wildman–Crippen MR) is 116 cm³/mol. The van der Waals surface area contributed by atoms with Gasteiger partial charge in [0.25, 0.3) is 0 Å². The lowest BCUT2D eigenvalue weighted by Gasteiger charge is -1.98. The summed E-state index contributed by atoms with van der Waals surface area (Å²) < 4.78 is 3.88. The summed E-state index contributed by atoms with van der Waals surface area (Å²) in [6.07, 6.45) is 8.95. The zero-order valence-corrected chi connectivity index (χ0v) is 17.8. The van der Waals surface area contributed by atoms with E-state index in [9.17, 15) is 5.11 Å².